The first-order valence-electron chi connectivity index (χ1n) is 12.7. The van der Waals surface area contributed by atoms with E-state index >= 15 is 0 Å². The molecular weight excluding hydrogens is 462 g/mol. The van der Waals surface area contributed by atoms with Gasteiger partial charge >= 0.3 is 5.97 Å². The Morgan fingerprint density at radius 1 is 0.919 bits per heavy atom. The van der Waals surface area contributed by atoms with Crippen LogP contribution in [-0.4, -0.2) is 25.8 Å². The fraction of sp³-hybridized carbons (Fsp3) is 0.258. The van der Waals surface area contributed by atoms with Gasteiger partial charge in [-0.05, 0) is 74.4 Å². The van der Waals surface area contributed by atoms with E-state index < -0.39 is 5.97 Å². The zero-order valence-corrected chi connectivity index (χ0v) is 21.5. The second-order valence-corrected chi connectivity index (χ2v) is 9.83. The molecule has 0 aliphatic rings. The molecule has 37 heavy (non-hydrogen) atoms. The lowest BCUT2D eigenvalue weighted by Gasteiger charge is -2.08. The van der Waals surface area contributed by atoms with Crippen LogP contribution in [-0.2, 0) is 17.8 Å². The van der Waals surface area contributed by atoms with Crippen molar-refractivity contribution in [2.45, 2.75) is 53.0 Å². The van der Waals surface area contributed by atoms with E-state index in [1.165, 1.54) is 27.8 Å². The molecule has 0 unspecified atom stereocenters. The molecule has 5 aromatic rings. The number of nitrogens with zero attached hydrogens (tertiary/aromatic N) is 3. The average molecular weight is 494 g/mol. The van der Waals surface area contributed by atoms with Crippen molar-refractivity contribution in [3.05, 3.63) is 94.7 Å². The second-order valence-electron chi connectivity index (χ2n) is 9.83. The summed E-state index contributed by atoms with van der Waals surface area (Å²) >= 11 is 0. The fourth-order valence-electron chi connectivity index (χ4n) is 4.69. The van der Waals surface area contributed by atoms with Crippen molar-refractivity contribution < 1.29 is 14.4 Å². The summed E-state index contributed by atoms with van der Waals surface area (Å²) < 4.78 is 8.00. The molecule has 0 radical (unpaired) electrons. The van der Waals surface area contributed by atoms with Crippen molar-refractivity contribution in [1.29, 1.82) is 0 Å². The van der Waals surface area contributed by atoms with Crippen LogP contribution < -0.4 is 0 Å². The fourth-order valence-corrected chi connectivity index (χ4v) is 4.69. The molecule has 6 nitrogen and oxygen atoms in total. The number of hydrogen-bond donors (Lipinski definition) is 1. The molecule has 0 saturated carbocycles. The summed E-state index contributed by atoms with van der Waals surface area (Å²) in [5, 5.41) is 14.2. The summed E-state index contributed by atoms with van der Waals surface area (Å²) in [5.41, 5.74) is 9.13. The number of aryl methyl sites for hydroxylation is 4. The molecule has 0 spiro atoms. The van der Waals surface area contributed by atoms with E-state index in [0.29, 0.717) is 18.1 Å². The zero-order valence-electron chi connectivity index (χ0n) is 21.5. The number of aliphatic carboxylic acids is 1. The normalized spacial score (nSPS) is 11.3. The van der Waals surface area contributed by atoms with E-state index in [4.69, 9.17) is 14.6 Å². The van der Waals surface area contributed by atoms with Gasteiger partial charge in [0.1, 0.15) is 0 Å². The van der Waals surface area contributed by atoms with Gasteiger partial charge in [-0.1, -0.05) is 59.3 Å². The first-order valence-corrected chi connectivity index (χ1v) is 12.7. The van der Waals surface area contributed by atoms with Gasteiger partial charge < -0.3 is 14.2 Å². The molecule has 0 aliphatic carbocycles. The number of carboxylic acid groups (broad SMARTS) is 1. The summed E-state index contributed by atoms with van der Waals surface area (Å²) in [4.78, 5) is 15.4. The number of unbranched alkanes of at least 4 members (excludes halogenated alkanes) is 1. The van der Waals surface area contributed by atoms with Gasteiger partial charge in [0.25, 0.3) is 5.89 Å². The van der Waals surface area contributed by atoms with E-state index in [9.17, 15) is 4.79 Å². The van der Waals surface area contributed by atoms with Crippen molar-refractivity contribution in [3.8, 4) is 22.8 Å². The van der Waals surface area contributed by atoms with Crippen LogP contribution in [0, 0.1) is 20.8 Å². The minimum absolute atomic E-state index is 0.213. The third kappa shape index (κ3) is 5.48. The van der Waals surface area contributed by atoms with Crippen molar-refractivity contribution >= 4 is 16.9 Å². The molecule has 3 aromatic carbocycles. The molecule has 2 aromatic heterocycles. The maximum Gasteiger partial charge on any atom is 0.303 e. The first kappa shape index (κ1) is 24.5. The third-order valence-electron chi connectivity index (χ3n) is 6.94. The number of carbonyl (C=O) groups is 1. The Bertz CT molecular complexity index is 1560. The molecule has 2 heterocycles. The number of aromatic nitrogens is 3. The number of carboxylic acids is 1. The SMILES string of the molecule is Cc1ccc2c(c1)c(-c1nc(-c3ccc(CCCCC(=O)O)cc3)no1)cn2Cc1ccc(C)c(C)c1. The second kappa shape index (κ2) is 10.4. The lowest BCUT2D eigenvalue weighted by molar-refractivity contribution is -0.137. The predicted octanol–water partition coefficient (Wildman–Crippen LogP) is 7.13. The van der Waals surface area contributed by atoms with Gasteiger partial charge in [-0.2, -0.15) is 4.98 Å². The van der Waals surface area contributed by atoms with E-state index in [1.807, 2.05) is 24.3 Å². The summed E-state index contributed by atoms with van der Waals surface area (Å²) in [7, 11) is 0. The number of hydrogen-bond acceptors (Lipinski definition) is 4. The Labute approximate surface area is 216 Å². The predicted molar refractivity (Wildman–Crippen MR) is 146 cm³/mol. The molecule has 0 amide bonds. The van der Waals surface area contributed by atoms with Crippen molar-refractivity contribution in [1.82, 2.24) is 14.7 Å². The van der Waals surface area contributed by atoms with Gasteiger partial charge in [0.15, 0.2) is 0 Å². The van der Waals surface area contributed by atoms with Crippen LogP contribution in [0.1, 0.15) is 47.1 Å². The highest BCUT2D eigenvalue weighted by Gasteiger charge is 2.17. The molecule has 0 saturated heterocycles. The molecule has 188 valence electrons. The minimum Gasteiger partial charge on any atom is -0.481 e. The monoisotopic (exact) mass is 493 g/mol. The van der Waals surface area contributed by atoms with Gasteiger partial charge in [-0.15, -0.1) is 0 Å². The van der Waals surface area contributed by atoms with Gasteiger partial charge in [-0.3, -0.25) is 4.79 Å². The first-order chi connectivity index (χ1) is 17.9. The summed E-state index contributed by atoms with van der Waals surface area (Å²) in [5.74, 6) is 0.309. The molecule has 0 bridgehead atoms. The summed E-state index contributed by atoms with van der Waals surface area (Å²) in [6.07, 6.45) is 4.71. The van der Waals surface area contributed by atoms with Crippen LogP contribution >= 0.6 is 0 Å². The minimum atomic E-state index is -0.744. The van der Waals surface area contributed by atoms with E-state index in [0.717, 1.165) is 41.4 Å². The standard InChI is InChI=1S/C31H31N3O3/c1-20-8-15-28-26(16-20)27(19-34(28)18-24-10-9-21(2)22(3)17-24)31-32-30(33-37-31)25-13-11-23(12-14-25)6-4-5-7-29(35)36/h8-17,19H,4-7,18H2,1-3H3,(H,35,36). The molecule has 5 rings (SSSR count). The molecular formula is C31H31N3O3. The lowest BCUT2D eigenvalue weighted by Crippen LogP contribution is -1.98. The quantitative estimate of drug-likeness (QED) is 0.221. The third-order valence-corrected chi connectivity index (χ3v) is 6.94. The Morgan fingerprint density at radius 3 is 2.46 bits per heavy atom. The van der Waals surface area contributed by atoms with Gasteiger partial charge in [-0.25, -0.2) is 0 Å². The number of benzene rings is 3. The molecule has 0 atom stereocenters. The van der Waals surface area contributed by atoms with Gasteiger partial charge in [0.2, 0.25) is 5.82 Å². The Kier molecular flexibility index (Phi) is 6.91. The van der Waals surface area contributed by atoms with Crippen molar-refractivity contribution in [2.24, 2.45) is 0 Å². The number of rotatable bonds is 9. The van der Waals surface area contributed by atoms with Gasteiger partial charge in [0, 0.05) is 35.6 Å². The van der Waals surface area contributed by atoms with Crippen molar-refractivity contribution in [3.63, 3.8) is 0 Å². The Hall–Kier alpha value is -4.19. The maximum absolute atomic E-state index is 10.7. The zero-order chi connectivity index (χ0) is 25.9. The van der Waals surface area contributed by atoms with Crippen LogP contribution in [0.3, 0.4) is 0 Å². The Balaban J connectivity index is 1.40. The van der Waals surface area contributed by atoms with Crippen LogP contribution in [0.15, 0.2) is 71.4 Å². The van der Waals surface area contributed by atoms with Crippen LogP contribution in [0.5, 0.6) is 0 Å². The molecule has 1 N–H and O–H groups in total. The van der Waals surface area contributed by atoms with E-state index in [2.05, 4.69) is 73.1 Å². The van der Waals surface area contributed by atoms with Crippen molar-refractivity contribution in [2.75, 3.05) is 0 Å². The largest absolute Gasteiger partial charge is 0.481 e. The maximum atomic E-state index is 10.7. The molecule has 0 fully saturated rings. The van der Waals surface area contributed by atoms with Crippen LogP contribution in [0.25, 0.3) is 33.7 Å². The van der Waals surface area contributed by atoms with E-state index in [-0.39, 0.29) is 6.42 Å². The van der Waals surface area contributed by atoms with E-state index in [1.54, 1.807) is 0 Å². The number of fused-ring (bicyclic) bond motifs is 1. The summed E-state index contributed by atoms with van der Waals surface area (Å²) in [6.45, 7) is 7.13. The smallest absolute Gasteiger partial charge is 0.303 e. The van der Waals surface area contributed by atoms with Crippen LogP contribution in [0.2, 0.25) is 0 Å². The van der Waals surface area contributed by atoms with Gasteiger partial charge in [0.05, 0.1) is 5.56 Å². The topological polar surface area (TPSA) is 81.2 Å². The lowest BCUT2D eigenvalue weighted by atomic mass is 10.0. The highest BCUT2D eigenvalue weighted by molar-refractivity contribution is 5.94. The van der Waals surface area contributed by atoms with Crippen LogP contribution in [0.4, 0.5) is 0 Å². The highest BCUT2D eigenvalue weighted by atomic mass is 16.5. The summed E-state index contributed by atoms with van der Waals surface area (Å²) in [6, 6.07) is 21.1. The highest BCUT2D eigenvalue weighted by Crippen LogP contribution is 2.32. The Morgan fingerprint density at radius 2 is 1.70 bits per heavy atom. The average Bonchev–Trinajstić information content (AvgIpc) is 3.49. The molecule has 6 heteroatoms. The molecule has 0 aliphatic heterocycles.